The summed E-state index contributed by atoms with van der Waals surface area (Å²) in [4.78, 5) is 12.1. The van der Waals surface area contributed by atoms with Crippen LogP contribution in [0.2, 0.25) is 0 Å². The van der Waals surface area contributed by atoms with Crippen LogP contribution >= 0.6 is 0 Å². The van der Waals surface area contributed by atoms with Crippen molar-refractivity contribution in [1.82, 2.24) is 14.1 Å². The lowest BCUT2D eigenvalue weighted by molar-refractivity contribution is 0.252. The highest BCUT2D eigenvalue weighted by Gasteiger charge is 2.30. The smallest absolute Gasteiger partial charge is 0.388 e. The van der Waals surface area contributed by atoms with Crippen LogP contribution in [0.4, 0.5) is 0 Å². The van der Waals surface area contributed by atoms with E-state index in [0.29, 0.717) is 38.2 Å². The maximum absolute atomic E-state index is 12.1. The molecule has 2 aromatic rings. The fraction of sp³-hybridized carbons (Fsp3) is 0.500. The molecule has 0 unspecified atom stereocenters. The van der Waals surface area contributed by atoms with Gasteiger partial charge in [0.25, 0.3) is 0 Å². The topological polar surface area (TPSA) is 85.4 Å². The summed E-state index contributed by atoms with van der Waals surface area (Å²) < 4.78 is 32.3. The molecule has 8 heteroatoms. The summed E-state index contributed by atoms with van der Waals surface area (Å²) in [7, 11) is -3.18. The normalized spacial score (nSPS) is 17.2. The lowest BCUT2D eigenvalue weighted by Gasteiger charge is -2.30. The van der Waals surface area contributed by atoms with Crippen molar-refractivity contribution in [2.24, 2.45) is 0 Å². The van der Waals surface area contributed by atoms with Crippen molar-refractivity contribution in [3.8, 4) is 11.5 Å². The Morgan fingerprint density at radius 3 is 2.50 bits per heavy atom. The number of rotatable bonds is 5. The number of nitrogens with zero attached hydrogens (tertiary/aromatic N) is 3. The second-order valence-electron chi connectivity index (χ2n) is 5.93. The molecule has 130 valence electrons. The highest BCUT2D eigenvalue weighted by atomic mass is 32.2. The molecular formula is C16H21N3O4S. The van der Waals surface area contributed by atoms with Gasteiger partial charge in [-0.25, -0.2) is 17.5 Å². The zero-order valence-electron chi connectivity index (χ0n) is 13.6. The molecule has 0 amide bonds. The minimum atomic E-state index is -3.18. The van der Waals surface area contributed by atoms with E-state index >= 15 is 0 Å². The molecule has 0 atom stereocenters. The molecular weight excluding hydrogens is 330 g/mol. The summed E-state index contributed by atoms with van der Waals surface area (Å²) in [5.74, 6) is -0.0370. The Morgan fingerprint density at radius 2 is 1.88 bits per heavy atom. The molecule has 0 bridgehead atoms. The van der Waals surface area contributed by atoms with Crippen molar-refractivity contribution in [3.05, 3.63) is 40.9 Å². The zero-order valence-corrected chi connectivity index (χ0v) is 14.4. The Morgan fingerprint density at radius 1 is 1.21 bits per heavy atom. The zero-order chi connectivity index (χ0) is 17.2. The molecule has 3 rings (SSSR count). The van der Waals surface area contributed by atoms with Gasteiger partial charge in [-0.3, -0.25) is 0 Å². The highest BCUT2D eigenvalue weighted by molar-refractivity contribution is 7.89. The van der Waals surface area contributed by atoms with Crippen molar-refractivity contribution < 1.29 is 12.8 Å². The molecule has 1 aromatic carbocycles. The van der Waals surface area contributed by atoms with Gasteiger partial charge in [0.15, 0.2) is 0 Å². The summed E-state index contributed by atoms with van der Waals surface area (Å²) >= 11 is 0. The number of benzene rings is 1. The van der Waals surface area contributed by atoms with Gasteiger partial charge in [0.2, 0.25) is 15.9 Å². The Bertz CT molecular complexity index is 834. The Labute approximate surface area is 140 Å². The Kier molecular flexibility index (Phi) is 4.86. The summed E-state index contributed by atoms with van der Waals surface area (Å²) in [5, 5.41) is 4.30. The molecule has 1 saturated heterocycles. The quantitative estimate of drug-likeness (QED) is 0.821. The molecule has 0 N–H and O–H groups in total. The predicted molar refractivity (Wildman–Crippen MR) is 90.1 cm³/mol. The predicted octanol–water partition coefficient (Wildman–Crippen LogP) is 1.88. The van der Waals surface area contributed by atoms with Crippen LogP contribution in [0.25, 0.3) is 11.5 Å². The van der Waals surface area contributed by atoms with Crippen LogP contribution < -0.4 is 5.76 Å². The molecule has 7 nitrogen and oxygen atoms in total. The molecule has 1 fully saturated rings. The van der Waals surface area contributed by atoms with Crippen LogP contribution in [0.3, 0.4) is 0 Å². The Balaban J connectivity index is 1.74. The molecule has 24 heavy (non-hydrogen) atoms. The average molecular weight is 351 g/mol. The maximum atomic E-state index is 12.1. The fourth-order valence-corrected chi connectivity index (χ4v) is 4.51. The van der Waals surface area contributed by atoms with Gasteiger partial charge in [0.05, 0.1) is 11.8 Å². The van der Waals surface area contributed by atoms with Crippen molar-refractivity contribution in [2.45, 2.75) is 32.2 Å². The van der Waals surface area contributed by atoms with Crippen molar-refractivity contribution in [3.63, 3.8) is 0 Å². The maximum Gasteiger partial charge on any atom is 0.437 e. The highest BCUT2D eigenvalue weighted by Crippen LogP contribution is 2.24. The van der Waals surface area contributed by atoms with Crippen LogP contribution in [0.1, 0.15) is 32.2 Å². The molecule has 1 aliphatic heterocycles. The first kappa shape index (κ1) is 16.9. The number of aromatic nitrogens is 2. The van der Waals surface area contributed by atoms with Crippen LogP contribution in [-0.2, 0) is 10.0 Å². The van der Waals surface area contributed by atoms with Gasteiger partial charge in [0, 0.05) is 18.7 Å². The third-order valence-corrected chi connectivity index (χ3v) is 6.29. The SMILES string of the molecule is CCCS(=O)(=O)N1CCC(n2nc(-c3ccccc3)oc2=O)CC1. The third kappa shape index (κ3) is 3.44. The fourth-order valence-electron chi connectivity index (χ4n) is 2.97. The minimum Gasteiger partial charge on any atom is -0.388 e. The van der Waals surface area contributed by atoms with E-state index in [1.54, 1.807) is 0 Å². The van der Waals surface area contributed by atoms with Gasteiger partial charge in [0.1, 0.15) is 0 Å². The second-order valence-corrected chi connectivity index (χ2v) is 8.02. The van der Waals surface area contributed by atoms with Crippen molar-refractivity contribution in [1.29, 1.82) is 0 Å². The molecule has 0 radical (unpaired) electrons. The number of piperidine rings is 1. The van der Waals surface area contributed by atoms with Crippen LogP contribution in [0, 0.1) is 0 Å². The molecule has 0 saturated carbocycles. The van der Waals surface area contributed by atoms with E-state index in [1.165, 1.54) is 8.99 Å². The van der Waals surface area contributed by atoms with E-state index in [0.717, 1.165) is 5.56 Å². The molecule has 1 aromatic heterocycles. The van der Waals surface area contributed by atoms with Crippen LogP contribution in [-0.4, -0.2) is 41.3 Å². The summed E-state index contributed by atoms with van der Waals surface area (Å²) in [6.07, 6.45) is 1.72. The first-order valence-corrected chi connectivity index (χ1v) is 9.75. The number of sulfonamides is 1. The summed E-state index contributed by atoms with van der Waals surface area (Å²) in [6, 6.07) is 9.11. The molecule has 1 aliphatic rings. The first-order valence-electron chi connectivity index (χ1n) is 8.14. The number of hydrogen-bond donors (Lipinski definition) is 0. The van der Waals surface area contributed by atoms with E-state index in [-0.39, 0.29) is 11.8 Å². The number of hydrogen-bond acceptors (Lipinski definition) is 5. The van der Waals surface area contributed by atoms with E-state index in [1.807, 2.05) is 37.3 Å². The largest absolute Gasteiger partial charge is 0.437 e. The third-order valence-electron chi connectivity index (χ3n) is 4.22. The lowest BCUT2D eigenvalue weighted by Crippen LogP contribution is -2.41. The minimum absolute atomic E-state index is 0.133. The van der Waals surface area contributed by atoms with Gasteiger partial charge in [-0.05, 0) is 31.4 Å². The van der Waals surface area contributed by atoms with E-state index in [9.17, 15) is 13.2 Å². The van der Waals surface area contributed by atoms with E-state index in [2.05, 4.69) is 5.10 Å². The van der Waals surface area contributed by atoms with E-state index in [4.69, 9.17) is 4.42 Å². The van der Waals surface area contributed by atoms with Crippen LogP contribution in [0.15, 0.2) is 39.5 Å². The van der Waals surface area contributed by atoms with Crippen molar-refractivity contribution >= 4 is 10.0 Å². The first-order chi connectivity index (χ1) is 11.5. The lowest BCUT2D eigenvalue weighted by atomic mass is 10.1. The van der Waals surface area contributed by atoms with Gasteiger partial charge < -0.3 is 4.42 Å². The molecule has 2 heterocycles. The molecule has 0 aliphatic carbocycles. The van der Waals surface area contributed by atoms with E-state index < -0.39 is 15.8 Å². The van der Waals surface area contributed by atoms with Gasteiger partial charge >= 0.3 is 5.76 Å². The average Bonchev–Trinajstić information content (AvgIpc) is 2.98. The molecule has 0 spiro atoms. The second kappa shape index (κ2) is 6.90. The summed E-state index contributed by atoms with van der Waals surface area (Å²) in [6.45, 7) is 2.67. The standard InChI is InChI=1S/C16H21N3O4S/c1-2-12-24(21,22)18-10-8-14(9-11-18)19-16(20)23-15(17-19)13-6-4-3-5-7-13/h3-7,14H,2,8-12H2,1H3. The van der Waals surface area contributed by atoms with Crippen molar-refractivity contribution in [2.75, 3.05) is 18.8 Å². The van der Waals surface area contributed by atoms with Gasteiger partial charge in [-0.2, -0.15) is 4.68 Å². The van der Waals surface area contributed by atoms with Gasteiger partial charge in [-0.15, -0.1) is 5.10 Å². The van der Waals surface area contributed by atoms with Gasteiger partial charge in [-0.1, -0.05) is 25.1 Å². The monoisotopic (exact) mass is 351 g/mol. The van der Waals surface area contributed by atoms with Crippen LogP contribution in [0.5, 0.6) is 0 Å². The Hall–Kier alpha value is -1.93. The summed E-state index contributed by atoms with van der Waals surface area (Å²) in [5.41, 5.74) is 0.747.